The van der Waals surface area contributed by atoms with Crippen molar-refractivity contribution in [3.8, 4) is 0 Å². The Labute approximate surface area is 96.4 Å². The van der Waals surface area contributed by atoms with Crippen LogP contribution in [-0.4, -0.2) is 33.4 Å². The smallest absolute Gasteiger partial charge is 0.328 e. The number of hydrogen-bond donors (Lipinski definition) is 3. The van der Waals surface area contributed by atoms with Crippen LogP contribution < -0.4 is 10.4 Å². The first kappa shape index (κ1) is 11.1. The van der Waals surface area contributed by atoms with Crippen LogP contribution in [0.4, 0.5) is 5.82 Å². The van der Waals surface area contributed by atoms with Crippen molar-refractivity contribution in [1.82, 2.24) is 10.4 Å². The lowest BCUT2D eigenvalue weighted by atomic mass is 10.2. The van der Waals surface area contributed by atoms with E-state index in [1.165, 1.54) is 11.2 Å². The summed E-state index contributed by atoms with van der Waals surface area (Å²) in [5, 5.41) is 20.0. The molecular formula is C9H10ClN3O3. The normalized spacial score (nSPS) is 24.8. The molecule has 2 heterocycles. The maximum absolute atomic E-state index is 11.0. The second-order valence-electron chi connectivity index (χ2n) is 3.41. The standard InChI is InChI=1S/C9H10ClN3O3/c10-5-2-1-3-11-8(5)13-6(9(15)16)4-7(14)12-13/h1-3,6-7,12,14H,4H2,(H,15,16). The lowest BCUT2D eigenvalue weighted by molar-refractivity contribution is -0.138. The minimum absolute atomic E-state index is 0.0856. The Kier molecular flexibility index (Phi) is 2.95. The molecule has 1 aromatic rings. The largest absolute Gasteiger partial charge is 0.480 e. The third-order valence-corrected chi connectivity index (χ3v) is 2.59. The van der Waals surface area contributed by atoms with E-state index in [0.29, 0.717) is 10.8 Å². The second-order valence-corrected chi connectivity index (χ2v) is 3.82. The Balaban J connectivity index is 2.33. The fraction of sp³-hybridized carbons (Fsp3) is 0.333. The molecule has 0 saturated carbocycles. The van der Waals surface area contributed by atoms with Gasteiger partial charge in [-0.25, -0.2) is 15.2 Å². The van der Waals surface area contributed by atoms with E-state index >= 15 is 0 Å². The topological polar surface area (TPSA) is 85.7 Å². The van der Waals surface area contributed by atoms with Gasteiger partial charge in [0.15, 0.2) is 5.82 Å². The van der Waals surface area contributed by atoms with Gasteiger partial charge in [0.1, 0.15) is 12.3 Å². The summed E-state index contributed by atoms with van der Waals surface area (Å²) in [6.45, 7) is 0. The van der Waals surface area contributed by atoms with Gasteiger partial charge < -0.3 is 10.2 Å². The van der Waals surface area contributed by atoms with E-state index in [0.717, 1.165) is 0 Å². The molecule has 2 rings (SSSR count). The van der Waals surface area contributed by atoms with Gasteiger partial charge >= 0.3 is 5.97 Å². The van der Waals surface area contributed by atoms with Gasteiger partial charge in [0, 0.05) is 12.6 Å². The molecule has 0 spiro atoms. The zero-order valence-electron chi connectivity index (χ0n) is 8.17. The van der Waals surface area contributed by atoms with Crippen LogP contribution >= 0.6 is 11.6 Å². The Morgan fingerprint density at radius 3 is 3.06 bits per heavy atom. The first-order chi connectivity index (χ1) is 7.59. The molecule has 86 valence electrons. The predicted octanol–water partition coefficient (Wildman–Crippen LogP) is 0.221. The molecule has 2 unspecified atom stereocenters. The molecule has 0 aromatic carbocycles. The van der Waals surface area contributed by atoms with Crippen molar-refractivity contribution in [3.05, 3.63) is 23.4 Å². The number of aliphatic hydroxyl groups excluding tert-OH is 1. The molecule has 16 heavy (non-hydrogen) atoms. The van der Waals surface area contributed by atoms with Gasteiger partial charge in [-0.2, -0.15) is 0 Å². The van der Waals surface area contributed by atoms with Crippen molar-refractivity contribution in [2.45, 2.75) is 18.7 Å². The zero-order chi connectivity index (χ0) is 11.7. The van der Waals surface area contributed by atoms with Gasteiger partial charge in [-0.05, 0) is 12.1 Å². The van der Waals surface area contributed by atoms with Crippen LogP contribution in [0, 0.1) is 0 Å². The van der Waals surface area contributed by atoms with Gasteiger partial charge in [0.25, 0.3) is 0 Å². The van der Waals surface area contributed by atoms with Crippen LogP contribution in [-0.2, 0) is 4.79 Å². The molecule has 1 aromatic heterocycles. The van der Waals surface area contributed by atoms with Gasteiger partial charge in [-0.3, -0.25) is 5.01 Å². The number of pyridine rings is 1. The van der Waals surface area contributed by atoms with E-state index in [1.807, 2.05) is 0 Å². The van der Waals surface area contributed by atoms with Gasteiger partial charge in [0.05, 0.1) is 5.02 Å². The first-order valence-corrected chi connectivity index (χ1v) is 5.04. The number of aliphatic hydroxyl groups is 1. The maximum atomic E-state index is 11.0. The van der Waals surface area contributed by atoms with Gasteiger partial charge in [-0.1, -0.05) is 11.6 Å². The summed E-state index contributed by atoms with van der Waals surface area (Å²) in [6.07, 6.45) is 0.688. The van der Waals surface area contributed by atoms with Crippen molar-refractivity contribution in [3.63, 3.8) is 0 Å². The van der Waals surface area contributed by atoms with E-state index in [1.54, 1.807) is 12.1 Å². The summed E-state index contributed by atoms with van der Waals surface area (Å²) >= 11 is 5.90. The molecule has 1 fully saturated rings. The number of rotatable bonds is 2. The number of hydrazine groups is 1. The fourth-order valence-corrected chi connectivity index (χ4v) is 1.81. The van der Waals surface area contributed by atoms with E-state index in [2.05, 4.69) is 10.4 Å². The molecule has 6 nitrogen and oxygen atoms in total. The third-order valence-electron chi connectivity index (χ3n) is 2.30. The Morgan fingerprint density at radius 1 is 1.69 bits per heavy atom. The van der Waals surface area contributed by atoms with E-state index < -0.39 is 18.2 Å². The van der Waals surface area contributed by atoms with Gasteiger partial charge in [-0.15, -0.1) is 0 Å². The minimum atomic E-state index is -1.04. The zero-order valence-corrected chi connectivity index (χ0v) is 8.92. The summed E-state index contributed by atoms with van der Waals surface area (Å²) in [5.41, 5.74) is 2.60. The fourth-order valence-electron chi connectivity index (χ4n) is 1.59. The monoisotopic (exact) mass is 243 g/mol. The molecule has 1 saturated heterocycles. The number of aliphatic carboxylic acids is 1. The SMILES string of the molecule is O=C(O)C1CC(O)NN1c1ncccc1Cl. The van der Waals surface area contributed by atoms with Crippen LogP contribution in [0.1, 0.15) is 6.42 Å². The lowest BCUT2D eigenvalue weighted by Gasteiger charge is -2.22. The number of carboxylic acids is 1. The number of nitrogens with zero attached hydrogens (tertiary/aromatic N) is 2. The molecule has 1 aliphatic rings. The highest BCUT2D eigenvalue weighted by Crippen LogP contribution is 2.27. The molecular weight excluding hydrogens is 234 g/mol. The summed E-state index contributed by atoms with van der Waals surface area (Å²) in [4.78, 5) is 15.0. The summed E-state index contributed by atoms with van der Waals surface area (Å²) in [6, 6.07) is 2.38. The lowest BCUT2D eigenvalue weighted by Crippen LogP contribution is -2.43. The third kappa shape index (κ3) is 1.95. The summed E-state index contributed by atoms with van der Waals surface area (Å²) in [7, 11) is 0. The molecule has 0 amide bonds. The number of anilines is 1. The highest BCUT2D eigenvalue weighted by atomic mass is 35.5. The summed E-state index contributed by atoms with van der Waals surface area (Å²) in [5.74, 6) is -0.737. The number of halogens is 1. The van der Waals surface area contributed by atoms with E-state index in [9.17, 15) is 9.90 Å². The minimum Gasteiger partial charge on any atom is -0.480 e. The molecule has 7 heteroatoms. The van der Waals surface area contributed by atoms with E-state index in [-0.39, 0.29) is 6.42 Å². The average Bonchev–Trinajstić information content (AvgIpc) is 2.61. The second kappa shape index (κ2) is 4.25. The van der Waals surface area contributed by atoms with Crippen LogP contribution in [0.2, 0.25) is 5.02 Å². The molecule has 0 bridgehead atoms. The highest BCUT2D eigenvalue weighted by Gasteiger charge is 2.37. The quantitative estimate of drug-likeness (QED) is 0.689. The van der Waals surface area contributed by atoms with Crippen LogP contribution in [0.15, 0.2) is 18.3 Å². The summed E-state index contributed by atoms with van der Waals surface area (Å²) < 4.78 is 0. The van der Waals surface area contributed by atoms with Gasteiger partial charge in [0.2, 0.25) is 0 Å². The highest BCUT2D eigenvalue weighted by molar-refractivity contribution is 6.33. The Bertz CT molecular complexity index is 415. The van der Waals surface area contributed by atoms with Crippen LogP contribution in [0.25, 0.3) is 0 Å². The first-order valence-electron chi connectivity index (χ1n) is 4.66. The molecule has 1 aliphatic heterocycles. The van der Waals surface area contributed by atoms with Crippen molar-refractivity contribution in [2.75, 3.05) is 5.01 Å². The Morgan fingerprint density at radius 2 is 2.44 bits per heavy atom. The number of aromatic nitrogens is 1. The van der Waals surface area contributed by atoms with Crippen LogP contribution in [0.3, 0.4) is 0 Å². The molecule has 3 N–H and O–H groups in total. The Hall–Kier alpha value is -1.37. The number of nitrogens with one attached hydrogen (secondary N) is 1. The van der Waals surface area contributed by atoms with Crippen LogP contribution in [0.5, 0.6) is 0 Å². The molecule has 0 aliphatic carbocycles. The predicted molar refractivity (Wildman–Crippen MR) is 56.9 cm³/mol. The number of carboxylic acid groups (broad SMARTS) is 1. The molecule has 2 atom stereocenters. The molecule has 0 radical (unpaired) electrons. The van der Waals surface area contributed by atoms with Crippen molar-refractivity contribution in [2.24, 2.45) is 0 Å². The van der Waals surface area contributed by atoms with E-state index in [4.69, 9.17) is 16.7 Å². The maximum Gasteiger partial charge on any atom is 0.328 e. The van der Waals surface area contributed by atoms with Crippen molar-refractivity contribution in [1.29, 1.82) is 0 Å². The average molecular weight is 244 g/mol. The number of hydrogen-bond acceptors (Lipinski definition) is 5. The van der Waals surface area contributed by atoms with Crippen molar-refractivity contribution >= 4 is 23.4 Å². The number of carbonyl (C=O) groups is 1. The van der Waals surface area contributed by atoms with Crippen molar-refractivity contribution < 1.29 is 15.0 Å².